The molecule has 1 amide bonds. The highest BCUT2D eigenvalue weighted by Crippen LogP contribution is 2.31. The van der Waals surface area contributed by atoms with E-state index < -0.39 is 0 Å². The van der Waals surface area contributed by atoms with Crippen LogP contribution < -0.4 is 5.56 Å². The Bertz CT molecular complexity index is 1100. The molecule has 0 radical (unpaired) electrons. The minimum atomic E-state index is -0.160. The molecule has 6 nitrogen and oxygen atoms in total. The molecule has 1 aromatic carbocycles. The summed E-state index contributed by atoms with van der Waals surface area (Å²) in [5, 5.41) is 1.28. The number of H-pyrrole nitrogens is 1. The Balaban J connectivity index is 1.39. The first kappa shape index (κ1) is 18.2. The highest BCUT2D eigenvalue weighted by Gasteiger charge is 2.29. The number of pyridine rings is 1. The average Bonchev–Trinajstić information content (AvgIpc) is 3.19. The molecular weight excluding hydrogens is 364 g/mol. The van der Waals surface area contributed by atoms with Crippen molar-refractivity contribution in [2.45, 2.75) is 44.6 Å². The fourth-order valence-electron chi connectivity index (χ4n) is 4.72. The SMILES string of the molecule is O=C(c1c[nH]c(=O)c2ccccc12)N1CCC[C@H](c2nccn2CC2CCC2)C1. The predicted octanol–water partition coefficient (Wildman–Crippen LogP) is 3.54. The Hall–Kier alpha value is -2.89. The largest absolute Gasteiger partial charge is 0.338 e. The summed E-state index contributed by atoms with van der Waals surface area (Å²) in [5.41, 5.74) is 0.408. The van der Waals surface area contributed by atoms with Gasteiger partial charge in [0, 0.05) is 54.9 Å². The summed E-state index contributed by atoms with van der Waals surface area (Å²) < 4.78 is 2.30. The quantitative estimate of drug-likeness (QED) is 0.741. The summed E-state index contributed by atoms with van der Waals surface area (Å²) in [6.45, 7) is 2.46. The van der Waals surface area contributed by atoms with Gasteiger partial charge in [-0.3, -0.25) is 9.59 Å². The zero-order chi connectivity index (χ0) is 19.8. The standard InChI is InChI=1S/C23H26N4O2/c28-22-19-9-2-1-8-18(19)20(13-25-22)23(29)27-11-4-7-17(15-27)21-24-10-12-26(21)14-16-5-3-6-16/h1-2,8-10,12-13,16-17H,3-7,11,14-15H2,(H,25,28)/t17-/m0/s1. The van der Waals surface area contributed by atoms with Crippen LogP contribution in [0.4, 0.5) is 0 Å². The molecule has 1 aliphatic carbocycles. The highest BCUT2D eigenvalue weighted by molar-refractivity contribution is 6.06. The third-order valence-corrected chi connectivity index (χ3v) is 6.54. The van der Waals surface area contributed by atoms with Gasteiger partial charge in [-0.1, -0.05) is 24.6 Å². The van der Waals surface area contributed by atoms with Gasteiger partial charge in [0.1, 0.15) is 5.82 Å². The van der Waals surface area contributed by atoms with Crippen LogP contribution >= 0.6 is 0 Å². The van der Waals surface area contributed by atoms with Crippen LogP contribution in [0.3, 0.4) is 0 Å². The van der Waals surface area contributed by atoms with Crippen LogP contribution in [-0.2, 0) is 6.54 Å². The van der Waals surface area contributed by atoms with Crippen LogP contribution in [0.5, 0.6) is 0 Å². The number of aromatic nitrogens is 3. The number of likely N-dealkylation sites (tertiary alicyclic amines) is 1. The lowest BCUT2D eigenvalue weighted by Crippen LogP contribution is -2.40. The minimum Gasteiger partial charge on any atom is -0.338 e. The molecule has 29 heavy (non-hydrogen) atoms. The van der Waals surface area contributed by atoms with E-state index in [1.807, 2.05) is 29.3 Å². The van der Waals surface area contributed by atoms with E-state index in [-0.39, 0.29) is 17.4 Å². The van der Waals surface area contributed by atoms with Gasteiger partial charge in [0.25, 0.3) is 11.5 Å². The van der Waals surface area contributed by atoms with Crippen molar-refractivity contribution in [2.24, 2.45) is 5.92 Å². The summed E-state index contributed by atoms with van der Waals surface area (Å²) >= 11 is 0. The van der Waals surface area contributed by atoms with Crippen LogP contribution in [-0.4, -0.2) is 38.4 Å². The maximum Gasteiger partial charge on any atom is 0.255 e. The first-order valence-corrected chi connectivity index (χ1v) is 10.6. The van der Waals surface area contributed by atoms with Gasteiger partial charge >= 0.3 is 0 Å². The third kappa shape index (κ3) is 3.37. The van der Waals surface area contributed by atoms with Crippen LogP contribution in [0.2, 0.25) is 0 Å². The van der Waals surface area contributed by atoms with Crippen molar-refractivity contribution in [3.63, 3.8) is 0 Å². The molecular formula is C23H26N4O2. The third-order valence-electron chi connectivity index (χ3n) is 6.54. The van der Waals surface area contributed by atoms with Crippen molar-refractivity contribution in [1.29, 1.82) is 0 Å². The van der Waals surface area contributed by atoms with Gasteiger partial charge in [0.15, 0.2) is 0 Å². The predicted molar refractivity (Wildman–Crippen MR) is 112 cm³/mol. The second kappa shape index (κ2) is 7.50. The number of rotatable bonds is 4. The van der Waals surface area contributed by atoms with Crippen molar-refractivity contribution in [2.75, 3.05) is 13.1 Å². The number of nitrogens with zero attached hydrogens (tertiary/aromatic N) is 3. The van der Waals surface area contributed by atoms with E-state index in [1.165, 1.54) is 19.3 Å². The number of imidazole rings is 1. The summed E-state index contributed by atoms with van der Waals surface area (Å²) in [5.74, 6) is 2.13. The first-order valence-electron chi connectivity index (χ1n) is 10.6. The van der Waals surface area contributed by atoms with E-state index in [9.17, 15) is 9.59 Å². The second-order valence-corrected chi connectivity index (χ2v) is 8.40. The van der Waals surface area contributed by atoms with Gasteiger partial charge in [-0.25, -0.2) is 4.98 Å². The summed E-state index contributed by atoms with van der Waals surface area (Å²) in [4.78, 5) is 34.7. The lowest BCUT2D eigenvalue weighted by molar-refractivity contribution is 0.0704. The van der Waals surface area contributed by atoms with Gasteiger partial charge in [-0.15, -0.1) is 0 Å². The zero-order valence-corrected chi connectivity index (χ0v) is 16.5. The van der Waals surface area contributed by atoms with Crippen molar-refractivity contribution in [1.82, 2.24) is 19.4 Å². The maximum atomic E-state index is 13.3. The number of carbonyl (C=O) groups is 1. The highest BCUT2D eigenvalue weighted by atomic mass is 16.2. The molecule has 2 aliphatic rings. The normalized spacial score (nSPS) is 20.0. The smallest absolute Gasteiger partial charge is 0.255 e. The Kier molecular flexibility index (Phi) is 4.70. The van der Waals surface area contributed by atoms with Gasteiger partial charge in [-0.05, 0) is 37.7 Å². The Labute approximate surface area is 169 Å². The van der Waals surface area contributed by atoms with Crippen molar-refractivity contribution >= 4 is 16.7 Å². The molecule has 2 aromatic heterocycles. The maximum absolute atomic E-state index is 13.3. The van der Waals surface area contributed by atoms with Crippen LogP contribution in [0.25, 0.3) is 10.8 Å². The number of fused-ring (bicyclic) bond motifs is 1. The summed E-state index contributed by atoms with van der Waals surface area (Å²) in [6, 6.07) is 7.31. The molecule has 3 heterocycles. The number of hydrogen-bond acceptors (Lipinski definition) is 3. The van der Waals surface area contributed by atoms with E-state index in [1.54, 1.807) is 12.3 Å². The molecule has 1 aliphatic heterocycles. The van der Waals surface area contributed by atoms with E-state index in [4.69, 9.17) is 0 Å². The lowest BCUT2D eigenvalue weighted by atomic mass is 9.85. The van der Waals surface area contributed by atoms with Gasteiger partial charge in [-0.2, -0.15) is 0 Å². The molecule has 0 bridgehead atoms. The van der Waals surface area contributed by atoms with Gasteiger partial charge in [0.05, 0.1) is 5.56 Å². The van der Waals surface area contributed by atoms with E-state index in [0.29, 0.717) is 17.5 Å². The molecule has 5 rings (SSSR count). The monoisotopic (exact) mass is 390 g/mol. The number of aromatic amines is 1. The van der Waals surface area contributed by atoms with E-state index in [0.717, 1.165) is 43.1 Å². The molecule has 3 aromatic rings. The summed E-state index contributed by atoms with van der Waals surface area (Å²) in [7, 11) is 0. The number of amides is 1. The Morgan fingerprint density at radius 2 is 1.97 bits per heavy atom. The fraction of sp³-hybridized carbons (Fsp3) is 0.435. The van der Waals surface area contributed by atoms with Crippen molar-refractivity contribution < 1.29 is 4.79 Å². The number of piperidine rings is 1. The molecule has 0 unspecified atom stereocenters. The summed E-state index contributed by atoms with van der Waals surface area (Å²) in [6.07, 6.45) is 11.5. The van der Waals surface area contributed by atoms with E-state index in [2.05, 4.69) is 20.7 Å². The van der Waals surface area contributed by atoms with E-state index >= 15 is 0 Å². The Morgan fingerprint density at radius 1 is 1.14 bits per heavy atom. The van der Waals surface area contributed by atoms with Crippen LogP contribution in [0.1, 0.15) is 54.2 Å². The number of hydrogen-bond donors (Lipinski definition) is 1. The van der Waals surface area contributed by atoms with Crippen molar-refractivity contribution in [3.8, 4) is 0 Å². The molecule has 0 spiro atoms. The number of carbonyl (C=O) groups excluding carboxylic acids is 1. The molecule has 1 N–H and O–H groups in total. The fourth-order valence-corrected chi connectivity index (χ4v) is 4.72. The Morgan fingerprint density at radius 3 is 2.76 bits per heavy atom. The molecule has 2 fully saturated rings. The molecule has 1 saturated heterocycles. The molecule has 150 valence electrons. The second-order valence-electron chi connectivity index (χ2n) is 8.40. The molecule has 6 heteroatoms. The van der Waals surface area contributed by atoms with Crippen LogP contribution in [0.15, 0.2) is 47.7 Å². The average molecular weight is 390 g/mol. The van der Waals surface area contributed by atoms with Gasteiger partial charge in [0.2, 0.25) is 0 Å². The number of nitrogens with one attached hydrogen (secondary N) is 1. The zero-order valence-electron chi connectivity index (χ0n) is 16.5. The van der Waals surface area contributed by atoms with Gasteiger partial charge < -0.3 is 14.5 Å². The molecule has 1 saturated carbocycles. The molecule has 1 atom stereocenters. The van der Waals surface area contributed by atoms with Crippen LogP contribution in [0, 0.1) is 5.92 Å². The minimum absolute atomic E-state index is 0.0146. The van der Waals surface area contributed by atoms with Crippen molar-refractivity contribution in [3.05, 3.63) is 64.6 Å². The first-order chi connectivity index (χ1) is 14.2. The number of benzene rings is 1. The topological polar surface area (TPSA) is 71.0 Å². The lowest BCUT2D eigenvalue weighted by Gasteiger charge is -2.34.